The van der Waals surface area contributed by atoms with E-state index in [1.54, 1.807) is 13.0 Å². The summed E-state index contributed by atoms with van der Waals surface area (Å²) in [6.07, 6.45) is 0. The number of hydrogen-bond acceptors (Lipinski definition) is 3. The molecule has 1 aliphatic heterocycles. The van der Waals surface area contributed by atoms with Crippen LogP contribution in [0.2, 0.25) is 0 Å². The van der Waals surface area contributed by atoms with Gasteiger partial charge in [0.05, 0.1) is 18.8 Å². The van der Waals surface area contributed by atoms with Crippen molar-refractivity contribution in [2.75, 3.05) is 19.8 Å². The summed E-state index contributed by atoms with van der Waals surface area (Å²) < 4.78 is 18.9. The van der Waals surface area contributed by atoms with Gasteiger partial charge in [-0.3, -0.25) is 9.59 Å². The van der Waals surface area contributed by atoms with Gasteiger partial charge in [0, 0.05) is 6.54 Å². The zero-order chi connectivity index (χ0) is 14.0. The molecular weight excluding hydrogens is 251 g/mol. The molecular formula is C13H15FN2O3. The predicted octanol–water partition coefficient (Wildman–Crippen LogP) is 0.460. The second-order valence-corrected chi connectivity index (χ2v) is 4.47. The quantitative estimate of drug-likeness (QED) is 0.845. The SMILES string of the molecule is Cc1ccc(C(=O)N2CCOC[C@H]2C(N)=O)c(F)c1. The lowest BCUT2D eigenvalue weighted by Gasteiger charge is -2.33. The fourth-order valence-electron chi connectivity index (χ4n) is 2.03. The summed E-state index contributed by atoms with van der Waals surface area (Å²) in [4.78, 5) is 24.8. The third-order valence-corrected chi connectivity index (χ3v) is 3.07. The van der Waals surface area contributed by atoms with Crippen LogP contribution >= 0.6 is 0 Å². The molecule has 6 heteroatoms. The number of halogens is 1. The molecule has 2 rings (SSSR count). The van der Waals surface area contributed by atoms with Crippen molar-refractivity contribution in [2.24, 2.45) is 5.73 Å². The molecule has 0 radical (unpaired) electrons. The second kappa shape index (κ2) is 5.36. The van der Waals surface area contributed by atoms with E-state index in [1.807, 2.05) is 0 Å². The molecule has 0 spiro atoms. The lowest BCUT2D eigenvalue weighted by molar-refractivity contribution is -0.127. The highest BCUT2D eigenvalue weighted by Crippen LogP contribution is 2.16. The Balaban J connectivity index is 2.28. The summed E-state index contributed by atoms with van der Waals surface area (Å²) in [5, 5.41) is 0. The van der Waals surface area contributed by atoms with E-state index in [0.717, 1.165) is 5.56 Å². The van der Waals surface area contributed by atoms with Gasteiger partial charge in [0.25, 0.3) is 5.91 Å². The van der Waals surface area contributed by atoms with Gasteiger partial charge in [-0.05, 0) is 24.6 Å². The maximum atomic E-state index is 13.8. The maximum Gasteiger partial charge on any atom is 0.257 e. The van der Waals surface area contributed by atoms with Crippen molar-refractivity contribution >= 4 is 11.8 Å². The number of benzene rings is 1. The van der Waals surface area contributed by atoms with Crippen LogP contribution in [-0.4, -0.2) is 42.5 Å². The zero-order valence-corrected chi connectivity index (χ0v) is 10.6. The second-order valence-electron chi connectivity index (χ2n) is 4.47. The number of carbonyl (C=O) groups is 2. The zero-order valence-electron chi connectivity index (χ0n) is 10.6. The molecule has 102 valence electrons. The van der Waals surface area contributed by atoms with Gasteiger partial charge in [-0.15, -0.1) is 0 Å². The molecule has 1 saturated heterocycles. The standard InChI is InChI=1S/C13H15FN2O3/c1-8-2-3-9(10(14)6-8)13(18)16-4-5-19-7-11(16)12(15)17/h2-3,6,11H,4-5,7H2,1H3,(H2,15,17)/t11-/m0/s1. The topological polar surface area (TPSA) is 72.6 Å². The monoisotopic (exact) mass is 266 g/mol. The normalized spacial score (nSPS) is 19.3. The molecule has 1 aromatic rings. The molecule has 1 atom stereocenters. The number of amides is 2. The average Bonchev–Trinajstić information content (AvgIpc) is 2.38. The Bertz CT molecular complexity index is 519. The molecule has 2 amide bonds. The van der Waals surface area contributed by atoms with Crippen LogP contribution in [0.1, 0.15) is 15.9 Å². The Morgan fingerprint density at radius 3 is 2.84 bits per heavy atom. The number of carbonyl (C=O) groups excluding carboxylic acids is 2. The minimum Gasteiger partial charge on any atom is -0.377 e. The number of nitrogens with zero attached hydrogens (tertiary/aromatic N) is 1. The van der Waals surface area contributed by atoms with Crippen LogP contribution in [0.25, 0.3) is 0 Å². The van der Waals surface area contributed by atoms with Crippen LogP contribution in [0, 0.1) is 12.7 Å². The molecule has 0 saturated carbocycles. The van der Waals surface area contributed by atoms with Crippen molar-refractivity contribution in [1.82, 2.24) is 4.90 Å². The fourth-order valence-corrected chi connectivity index (χ4v) is 2.03. The number of morpholine rings is 1. The Hall–Kier alpha value is -1.95. The lowest BCUT2D eigenvalue weighted by Crippen LogP contribution is -2.54. The Kier molecular flexibility index (Phi) is 3.80. The van der Waals surface area contributed by atoms with Crippen LogP contribution in [0.5, 0.6) is 0 Å². The van der Waals surface area contributed by atoms with Crippen molar-refractivity contribution in [2.45, 2.75) is 13.0 Å². The number of aryl methyl sites for hydroxylation is 1. The first-order chi connectivity index (χ1) is 9.00. The molecule has 1 aliphatic rings. The number of rotatable bonds is 2. The van der Waals surface area contributed by atoms with E-state index in [0.29, 0.717) is 6.61 Å². The highest BCUT2D eigenvalue weighted by Gasteiger charge is 2.32. The summed E-state index contributed by atoms with van der Waals surface area (Å²) in [7, 11) is 0. The number of hydrogen-bond donors (Lipinski definition) is 1. The van der Waals surface area contributed by atoms with E-state index < -0.39 is 23.7 Å². The summed E-state index contributed by atoms with van der Waals surface area (Å²) in [5.74, 6) is -1.79. The third kappa shape index (κ3) is 2.73. The highest BCUT2D eigenvalue weighted by molar-refractivity contribution is 5.97. The molecule has 0 unspecified atom stereocenters. The Labute approximate surface area is 110 Å². The number of primary amides is 1. The maximum absolute atomic E-state index is 13.8. The summed E-state index contributed by atoms with van der Waals surface area (Å²) in [5.41, 5.74) is 5.90. The van der Waals surface area contributed by atoms with Crippen molar-refractivity contribution in [3.05, 3.63) is 35.1 Å². The van der Waals surface area contributed by atoms with Crippen molar-refractivity contribution in [3.8, 4) is 0 Å². The van der Waals surface area contributed by atoms with E-state index in [1.165, 1.54) is 17.0 Å². The Morgan fingerprint density at radius 1 is 1.47 bits per heavy atom. The third-order valence-electron chi connectivity index (χ3n) is 3.07. The van der Waals surface area contributed by atoms with E-state index in [-0.39, 0.29) is 18.7 Å². The molecule has 19 heavy (non-hydrogen) atoms. The molecule has 0 bridgehead atoms. The van der Waals surface area contributed by atoms with Crippen LogP contribution in [0.3, 0.4) is 0 Å². The highest BCUT2D eigenvalue weighted by atomic mass is 19.1. The van der Waals surface area contributed by atoms with E-state index in [4.69, 9.17) is 10.5 Å². The van der Waals surface area contributed by atoms with Crippen molar-refractivity contribution < 1.29 is 18.7 Å². The van der Waals surface area contributed by atoms with Gasteiger partial charge in [0.2, 0.25) is 5.91 Å². The molecule has 0 aromatic heterocycles. The van der Waals surface area contributed by atoms with Gasteiger partial charge >= 0.3 is 0 Å². The van der Waals surface area contributed by atoms with Crippen molar-refractivity contribution in [1.29, 1.82) is 0 Å². The van der Waals surface area contributed by atoms with Crippen molar-refractivity contribution in [3.63, 3.8) is 0 Å². The van der Waals surface area contributed by atoms with Gasteiger partial charge in [-0.25, -0.2) is 4.39 Å². The molecule has 1 fully saturated rings. The fraction of sp³-hybridized carbons (Fsp3) is 0.385. The lowest BCUT2D eigenvalue weighted by atomic mass is 10.1. The molecule has 1 heterocycles. The van der Waals surface area contributed by atoms with E-state index in [2.05, 4.69) is 0 Å². The van der Waals surface area contributed by atoms with E-state index in [9.17, 15) is 14.0 Å². The molecule has 5 nitrogen and oxygen atoms in total. The van der Waals surface area contributed by atoms with Crippen LogP contribution < -0.4 is 5.73 Å². The smallest absolute Gasteiger partial charge is 0.257 e. The first-order valence-electron chi connectivity index (χ1n) is 5.95. The van der Waals surface area contributed by atoms with Gasteiger partial charge in [0.1, 0.15) is 11.9 Å². The first-order valence-corrected chi connectivity index (χ1v) is 5.95. The van der Waals surface area contributed by atoms with Crippen LogP contribution in [-0.2, 0) is 9.53 Å². The van der Waals surface area contributed by atoms with Crippen LogP contribution in [0.15, 0.2) is 18.2 Å². The predicted molar refractivity (Wildman–Crippen MR) is 66.0 cm³/mol. The largest absolute Gasteiger partial charge is 0.377 e. The molecule has 2 N–H and O–H groups in total. The summed E-state index contributed by atoms with van der Waals surface area (Å²) in [6, 6.07) is 3.51. The minimum absolute atomic E-state index is 0.0502. The number of ether oxygens (including phenoxy) is 1. The minimum atomic E-state index is -0.845. The van der Waals surface area contributed by atoms with Crippen LogP contribution in [0.4, 0.5) is 4.39 Å². The van der Waals surface area contributed by atoms with Gasteiger partial charge in [0.15, 0.2) is 0 Å². The summed E-state index contributed by atoms with van der Waals surface area (Å²) >= 11 is 0. The average molecular weight is 266 g/mol. The summed E-state index contributed by atoms with van der Waals surface area (Å²) in [6.45, 7) is 2.32. The van der Waals surface area contributed by atoms with Gasteiger partial charge in [-0.2, -0.15) is 0 Å². The molecule has 0 aliphatic carbocycles. The first kappa shape index (κ1) is 13.5. The Morgan fingerprint density at radius 2 is 2.21 bits per heavy atom. The van der Waals surface area contributed by atoms with Gasteiger partial charge < -0.3 is 15.4 Å². The van der Waals surface area contributed by atoms with Gasteiger partial charge in [-0.1, -0.05) is 6.07 Å². The molecule has 1 aromatic carbocycles. The van der Waals surface area contributed by atoms with E-state index >= 15 is 0 Å². The number of nitrogens with two attached hydrogens (primary N) is 1.